The number of hydrogen-bond donors (Lipinski definition) is 1. The summed E-state index contributed by atoms with van der Waals surface area (Å²) in [5, 5.41) is 10.6. The maximum Gasteiger partial charge on any atom is 0.159 e. The summed E-state index contributed by atoms with van der Waals surface area (Å²) in [5.41, 5.74) is 13.7. The quantitative estimate of drug-likeness (QED) is 0.182. The van der Waals surface area contributed by atoms with E-state index in [1.54, 1.807) is 0 Å². The first-order valence-electron chi connectivity index (χ1n) is 21.4. The lowest BCUT2D eigenvalue weighted by Crippen LogP contribution is -2.33. The van der Waals surface area contributed by atoms with E-state index in [9.17, 15) is 0 Å². The second kappa shape index (κ2) is 14.0. The number of fused-ring (bicyclic) bond motifs is 9. The number of para-hydroxylation sites is 3. The minimum atomic E-state index is -0.361. The average Bonchev–Trinajstić information content (AvgIpc) is 4.01. The first-order valence-corrected chi connectivity index (χ1v) is 21.4. The molecule has 0 fully saturated rings. The third kappa shape index (κ3) is 5.65. The fourth-order valence-corrected chi connectivity index (χ4v) is 9.71. The Hall–Kier alpha value is -8.48. The minimum Gasteiger partial charge on any atom is -0.456 e. The molecule has 12 aromatic rings. The average molecular weight is 808 g/mol. The van der Waals surface area contributed by atoms with Gasteiger partial charge < -0.3 is 18.9 Å². The van der Waals surface area contributed by atoms with Crippen LogP contribution < -0.4 is 5.32 Å². The van der Waals surface area contributed by atoms with Crippen molar-refractivity contribution in [3.8, 4) is 22.5 Å². The molecule has 6 heteroatoms. The van der Waals surface area contributed by atoms with Crippen molar-refractivity contribution in [3.05, 3.63) is 229 Å². The smallest absolute Gasteiger partial charge is 0.159 e. The van der Waals surface area contributed by atoms with Crippen molar-refractivity contribution in [3.63, 3.8) is 0 Å². The summed E-state index contributed by atoms with van der Waals surface area (Å²) in [6.07, 6.45) is -0.361. The van der Waals surface area contributed by atoms with Gasteiger partial charge in [-0.2, -0.15) is 0 Å². The Bertz CT molecular complexity index is 3820. The van der Waals surface area contributed by atoms with E-state index in [0.29, 0.717) is 5.84 Å². The van der Waals surface area contributed by atoms with Crippen LogP contribution in [0.5, 0.6) is 0 Å². The third-order valence-corrected chi connectivity index (χ3v) is 12.6. The minimum absolute atomic E-state index is 0.361. The zero-order chi connectivity index (χ0) is 41.4. The standard InChI is InChI=1S/C57H37N5O/c1-4-16-36(17-5-1)38-20-14-21-39(32-38)56-58-55(37-18-6-2-7-19-37)59-57(60-56)45-26-15-29-52-54(45)44-31-30-41(33-53(44)63-52)62-49-28-13-11-25-43(49)47-34-50-46(35-51(47)62)42-24-10-12-27-48(42)61(50)40-22-8-3-9-23-40/h1-35,56H,(H,58,59,60). The number of rotatable bonds is 6. The number of nitrogens with zero attached hydrogens (tertiary/aromatic N) is 4. The summed E-state index contributed by atoms with van der Waals surface area (Å²) in [5.74, 6) is 1.43. The molecule has 9 aromatic carbocycles. The molecule has 3 aromatic heterocycles. The number of amidine groups is 2. The van der Waals surface area contributed by atoms with Crippen LogP contribution in [-0.2, 0) is 0 Å². The molecule has 1 unspecified atom stereocenters. The van der Waals surface area contributed by atoms with E-state index in [-0.39, 0.29) is 6.17 Å². The molecule has 63 heavy (non-hydrogen) atoms. The second-order valence-corrected chi connectivity index (χ2v) is 16.2. The molecule has 0 saturated carbocycles. The highest BCUT2D eigenvalue weighted by Crippen LogP contribution is 2.41. The number of aliphatic imine (C=N–C) groups is 2. The van der Waals surface area contributed by atoms with E-state index < -0.39 is 0 Å². The van der Waals surface area contributed by atoms with Gasteiger partial charge in [0.25, 0.3) is 0 Å². The SMILES string of the molecule is c1ccc(C2=NC(c3cccc(-c4ccccc4)c3)NC(c3cccc4oc5cc(-n6c7ccccc7c7cc8c(cc76)c6ccccc6n8-c6ccccc6)ccc5c34)=N2)cc1. The van der Waals surface area contributed by atoms with Crippen molar-refractivity contribution in [1.82, 2.24) is 14.5 Å². The van der Waals surface area contributed by atoms with Gasteiger partial charge in [0.2, 0.25) is 0 Å². The highest BCUT2D eigenvalue weighted by molar-refractivity contribution is 6.22. The molecule has 0 radical (unpaired) electrons. The Labute approximate surface area is 362 Å². The van der Waals surface area contributed by atoms with Crippen molar-refractivity contribution >= 4 is 77.2 Å². The van der Waals surface area contributed by atoms with Gasteiger partial charge >= 0.3 is 0 Å². The maximum absolute atomic E-state index is 6.78. The summed E-state index contributed by atoms with van der Waals surface area (Å²) in [6.45, 7) is 0. The number of furan rings is 1. The number of nitrogens with one attached hydrogen (secondary N) is 1. The number of benzene rings is 9. The van der Waals surface area contributed by atoms with E-state index in [1.165, 1.54) is 32.6 Å². The molecule has 6 nitrogen and oxygen atoms in total. The van der Waals surface area contributed by atoms with Crippen molar-refractivity contribution in [1.29, 1.82) is 0 Å². The second-order valence-electron chi connectivity index (χ2n) is 16.2. The van der Waals surface area contributed by atoms with E-state index in [2.05, 4.69) is 196 Å². The molecule has 0 spiro atoms. The van der Waals surface area contributed by atoms with Gasteiger partial charge in [-0.3, -0.25) is 0 Å². The molecule has 13 rings (SSSR count). The van der Waals surface area contributed by atoms with Gasteiger partial charge in [0, 0.05) is 60.9 Å². The van der Waals surface area contributed by atoms with Gasteiger partial charge in [0.15, 0.2) is 5.84 Å². The van der Waals surface area contributed by atoms with E-state index in [4.69, 9.17) is 14.4 Å². The maximum atomic E-state index is 6.78. The highest BCUT2D eigenvalue weighted by Gasteiger charge is 2.25. The van der Waals surface area contributed by atoms with Crippen LogP contribution in [0.15, 0.2) is 227 Å². The van der Waals surface area contributed by atoms with Crippen LogP contribution in [0.4, 0.5) is 0 Å². The molecular weight excluding hydrogens is 771 g/mol. The van der Waals surface area contributed by atoms with E-state index in [1.807, 2.05) is 30.3 Å². The lowest BCUT2D eigenvalue weighted by atomic mass is 10.0. The summed E-state index contributed by atoms with van der Waals surface area (Å²) < 4.78 is 11.6. The van der Waals surface area contributed by atoms with Gasteiger partial charge in [-0.05, 0) is 77.4 Å². The van der Waals surface area contributed by atoms with Crippen molar-refractivity contribution < 1.29 is 4.42 Å². The molecule has 1 aliphatic heterocycles. The monoisotopic (exact) mass is 807 g/mol. The molecule has 0 bridgehead atoms. The lowest BCUT2D eigenvalue weighted by molar-refractivity contribution is 0.667. The fraction of sp³-hybridized carbons (Fsp3) is 0.0175. The zero-order valence-electron chi connectivity index (χ0n) is 34.0. The Morgan fingerprint density at radius 3 is 1.73 bits per heavy atom. The fourth-order valence-electron chi connectivity index (χ4n) is 9.71. The van der Waals surface area contributed by atoms with Crippen LogP contribution in [0.1, 0.15) is 22.9 Å². The van der Waals surface area contributed by atoms with Gasteiger partial charge in [0.1, 0.15) is 23.2 Å². The van der Waals surface area contributed by atoms with Crippen LogP contribution in [0.25, 0.3) is 88.1 Å². The molecule has 296 valence electrons. The first-order chi connectivity index (χ1) is 31.2. The molecule has 1 atom stereocenters. The van der Waals surface area contributed by atoms with Crippen molar-refractivity contribution in [2.24, 2.45) is 9.98 Å². The summed E-state index contributed by atoms with van der Waals surface area (Å²) in [7, 11) is 0. The van der Waals surface area contributed by atoms with Crippen LogP contribution in [-0.4, -0.2) is 20.8 Å². The van der Waals surface area contributed by atoms with Crippen molar-refractivity contribution in [2.45, 2.75) is 6.17 Å². The molecule has 1 N–H and O–H groups in total. The number of aromatic nitrogens is 2. The normalized spacial score (nSPS) is 14.2. The largest absolute Gasteiger partial charge is 0.456 e. The van der Waals surface area contributed by atoms with E-state index >= 15 is 0 Å². The lowest BCUT2D eigenvalue weighted by Gasteiger charge is -2.24. The van der Waals surface area contributed by atoms with E-state index in [0.717, 1.165) is 78.0 Å². The topological polar surface area (TPSA) is 59.8 Å². The highest BCUT2D eigenvalue weighted by atomic mass is 16.3. The molecule has 0 amide bonds. The Balaban J connectivity index is 0.966. The first kappa shape index (κ1) is 35.3. The van der Waals surface area contributed by atoms with Crippen molar-refractivity contribution in [2.75, 3.05) is 0 Å². The zero-order valence-corrected chi connectivity index (χ0v) is 34.0. The Morgan fingerprint density at radius 2 is 1.02 bits per heavy atom. The van der Waals surface area contributed by atoms with Crippen LogP contribution >= 0.6 is 0 Å². The number of hydrogen-bond acceptors (Lipinski definition) is 4. The Kier molecular flexibility index (Phi) is 7.87. The van der Waals surface area contributed by atoms with Gasteiger partial charge in [-0.25, -0.2) is 9.98 Å². The van der Waals surface area contributed by atoms with Gasteiger partial charge in [-0.15, -0.1) is 0 Å². The van der Waals surface area contributed by atoms with Crippen LogP contribution in [0.3, 0.4) is 0 Å². The Morgan fingerprint density at radius 1 is 0.413 bits per heavy atom. The predicted molar refractivity (Wildman–Crippen MR) is 260 cm³/mol. The van der Waals surface area contributed by atoms with Crippen LogP contribution in [0.2, 0.25) is 0 Å². The molecule has 4 heterocycles. The van der Waals surface area contributed by atoms with Gasteiger partial charge in [0.05, 0.1) is 22.1 Å². The third-order valence-electron chi connectivity index (χ3n) is 12.6. The summed E-state index contributed by atoms with van der Waals surface area (Å²) in [6, 6.07) is 75.0. The van der Waals surface area contributed by atoms with Gasteiger partial charge in [-0.1, -0.05) is 146 Å². The molecule has 0 saturated heterocycles. The summed E-state index contributed by atoms with van der Waals surface area (Å²) in [4.78, 5) is 10.4. The molecule has 1 aliphatic rings. The molecular formula is C57H37N5O. The van der Waals surface area contributed by atoms with Crippen LogP contribution in [0, 0.1) is 0 Å². The molecule has 0 aliphatic carbocycles. The summed E-state index contributed by atoms with van der Waals surface area (Å²) >= 11 is 0. The predicted octanol–water partition coefficient (Wildman–Crippen LogP) is 13.9.